The predicted molar refractivity (Wildman–Crippen MR) is 150 cm³/mol. The molecule has 2 N–H and O–H groups in total. The lowest BCUT2D eigenvalue weighted by atomic mass is 9.92. The maximum Gasteiger partial charge on any atom is 0.258 e. The van der Waals surface area contributed by atoms with Gasteiger partial charge in [-0.05, 0) is 88.3 Å². The van der Waals surface area contributed by atoms with Gasteiger partial charge in [-0.15, -0.1) is 0 Å². The maximum absolute atomic E-state index is 13.5. The Bertz CT molecular complexity index is 1060. The smallest absolute Gasteiger partial charge is 0.258 e. The van der Waals surface area contributed by atoms with E-state index >= 15 is 0 Å². The van der Waals surface area contributed by atoms with E-state index in [9.17, 15) is 9.59 Å². The third-order valence-electron chi connectivity index (χ3n) is 7.21. The highest BCUT2D eigenvalue weighted by molar-refractivity contribution is 5.97. The summed E-state index contributed by atoms with van der Waals surface area (Å²) in [4.78, 5) is 27.0. The van der Waals surface area contributed by atoms with Crippen LogP contribution in [-0.4, -0.2) is 49.1 Å². The molecule has 1 fully saturated rings. The minimum atomic E-state index is -0.413. The van der Waals surface area contributed by atoms with Gasteiger partial charge in [0.2, 0.25) is 5.91 Å². The average molecular weight is 525 g/mol. The van der Waals surface area contributed by atoms with Gasteiger partial charge in [0, 0.05) is 23.7 Å². The third kappa shape index (κ3) is 7.89. The number of methoxy groups -OCH3 is 1. The molecule has 38 heavy (non-hydrogen) atoms. The number of carbonyl (C=O) groups excluding carboxylic acids is 2. The summed E-state index contributed by atoms with van der Waals surface area (Å²) in [5.41, 5.74) is 7.46. The lowest BCUT2D eigenvalue weighted by molar-refractivity contribution is 0.0552. The Balaban J connectivity index is 1.46. The van der Waals surface area contributed by atoms with Crippen molar-refractivity contribution < 1.29 is 23.8 Å². The van der Waals surface area contributed by atoms with E-state index in [1.165, 1.54) is 19.3 Å². The van der Waals surface area contributed by atoms with E-state index in [2.05, 4.69) is 13.8 Å². The van der Waals surface area contributed by atoms with Gasteiger partial charge in [-0.25, -0.2) is 0 Å². The molecule has 1 aliphatic rings. The summed E-state index contributed by atoms with van der Waals surface area (Å²) >= 11 is 0. The van der Waals surface area contributed by atoms with Crippen LogP contribution >= 0.6 is 0 Å². The van der Waals surface area contributed by atoms with Crippen LogP contribution in [0.5, 0.6) is 17.2 Å². The number of hydrogen-bond donors (Lipinski definition) is 1. The topological polar surface area (TPSA) is 91.1 Å². The Morgan fingerprint density at radius 1 is 0.921 bits per heavy atom. The van der Waals surface area contributed by atoms with Gasteiger partial charge in [0.1, 0.15) is 17.2 Å². The molecule has 0 radical (unpaired) electrons. The molecule has 2 aromatic carbocycles. The van der Waals surface area contributed by atoms with Crippen LogP contribution in [0.3, 0.4) is 0 Å². The summed E-state index contributed by atoms with van der Waals surface area (Å²) in [6, 6.07) is 11.4. The van der Waals surface area contributed by atoms with Crippen LogP contribution in [0.2, 0.25) is 0 Å². The zero-order valence-electron chi connectivity index (χ0n) is 23.5. The Morgan fingerprint density at radius 2 is 1.53 bits per heavy atom. The van der Waals surface area contributed by atoms with Crippen LogP contribution in [0.1, 0.15) is 98.4 Å². The van der Waals surface area contributed by atoms with Crippen LogP contribution in [0.15, 0.2) is 36.4 Å². The Labute approximate surface area is 227 Å². The molecule has 7 nitrogen and oxygen atoms in total. The zero-order valence-corrected chi connectivity index (χ0v) is 23.5. The van der Waals surface area contributed by atoms with Crippen molar-refractivity contribution in [3.8, 4) is 17.2 Å². The molecule has 7 heteroatoms. The molecule has 2 amide bonds. The minimum absolute atomic E-state index is 0.0330. The molecule has 0 aromatic heterocycles. The first-order valence-electron chi connectivity index (χ1n) is 14.0. The van der Waals surface area contributed by atoms with Crippen LogP contribution < -0.4 is 19.9 Å². The first-order valence-corrected chi connectivity index (χ1v) is 14.0. The molecule has 0 atom stereocenters. The van der Waals surface area contributed by atoms with Crippen molar-refractivity contribution in [2.75, 3.05) is 20.3 Å². The highest BCUT2D eigenvalue weighted by Crippen LogP contribution is 2.30. The van der Waals surface area contributed by atoms with E-state index in [4.69, 9.17) is 19.9 Å². The van der Waals surface area contributed by atoms with Gasteiger partial charge < -0.3 is 24.8 Å². The van der Waals surface area contributed by atoms with Gasteiger partial charge in [-0.1, -0.05) is 26.2 Å². The molecule has 1 saturated carbocycles. The van der Waals surface area contributed by atoms with Crippen molar-refractivity contribution >= 4 is 11.8 Å². The summed E-state index contributed by atoms with van der Waals surface area (Å²) in [6.07, 6.45) is 9.22. The summed E-state index contributed by atoms with van der Waals surface area (Å²) in [5.74, 6) is 1.63. The molecule has 0 bridgehead atoms. The normalized spacial score (nSPS) is 13.8. The van der Waals surface area contributed by atoms with Crippen molar-refractivity contribution in [1.82, 2.24) is 4.90 Å². The Hall–Kier alpha value is -3.22. The van der Waals surface area contributed by atoms with Gasteiger partial charge >= 0.3 is 0 Å². The highest BCUT2D eigenvalue weighted by atomic mass is 16.5. The largest absolute Gasteiger partial charge is 0.496 e. The first kappa shape index (κ1) is 29.3. The summed E-state index contributed by atoms with van der Waals surface area (Å²) in [5, 5.41) is 0. The first-order chi connectivity index (χ1) is 18.3. The quantitative estimate of drug-likeness (QED) is 0.299. The number of aryl methyl sites for hydroxylation is 1. The molecule has 0 aliphatic heterocycles. The van der Waals surface area contributed by atoms with Gasteiger partial charge in [0.05, 0.1) is 25.9 Å². The molecular formula is C31H44N2O5. The summed E-state index contributed by atoms with van der Waals surface area (Å²) in [7, 11) is 1.60. The number of amides is 2. The fraction of sp³-hybridized carbons (Fsp3) is 0.548. The van der Waals surface area contributed by atoms with Crippen LogP contribution in [0.25, 0.3) is 0 Å². The van der Waals surface area contributed by atoms with Crippen LogP contribution in [-0.2, 0) is 6.42 Å². The van der Waals surface area contributed by atoms with E-state index < -0.39 is 5.91 Å². The van der Waals surface area contributed by atoms with E-state index in [1.807, 2.05) is 36.1 Å². The number of benzene rings is 2. The number of nitrogens with zero attached hydrogens (tertiary/aromatic N) is 1. The molecule has 0 heterocycles. The van der Waals surface area contributed by atoms with Crippen LogP contribution in [0, 0.1) is 0 Å². The van der Waals surface area contributed by atoms with Crippen molar-refractivity contribution in [3.63, 3.8) is 0 Å². The lowest BCUT2D eigenvalue weighted by Gasteiger charge is -2.37. The van der Waals surface area contributed by atoms with Gasteiger partial charge in [0.15, 0.2) is 0 Å². The Morgan fingerprint density at radius 3 is 2.08 bits per heavy atom. The molecule has 0 spiro atoms. The average Bonchev–Trinajstić information content (AvgIpc) is 2.92. The van der Waals surface area contributed by atoms with Gasteiger partial charge in [0.25, 0.3) is 5.91 Å². The number of ether oxygens (including phenoxy) is 3. The van der Waals surface area contributed by atoms with Gasteiger partial charge in [-0.2, -0.15) is 0 Å². The van der Waals surface area contributed by atoms with Crippen molar-refractivity contribution in [3.05, 3.63) is 53.1 Å². The second kappa shape index (κ2) is 14.6. The molecule has 0 unspecified atom stereocenters. The van der Waals surface area contributed by atoms with Crippen molar-refractivity contribution in [1.29, 1.82) is 0 Å². The zero-order chi connectivity index (χ0) is 27.5. The number of unbranched alkanes of at least 4 members (excludes halogenated alkanes) is 2. The van der Waals surface area contributed by atoms with Crippen molar-refractivity contribution in [2.45, 2.75) is 90.6 Å². The fourth-order valence-electron chi connectivity index (χ4n) is 5.21. The third-order valence-corrected chi connectivity index (χ3v) is 7.21. The molecule has 0 saturated heterocycles. The molecule has 3 rings (SSSR count). The highest BCUT2D eigenvalue weighted by Gasteiger charge is 2.30. The number of hydrogen-bond acceptors (Lipinski definition) is 5. The molecule has 1 aliphatic carbocycles. The van der Waals surface area contributed by atoms with E-state index in [0.717, 1.165) is 49.8 Å². The number of rotatable bonds is 14. The second-order valence-electron chi connectivity index (χ2n) is 10.3. The number of nitrogens with two attached hydrogens (primary N) is 1. The predicted octanol–water partition coefficient (Wildman–Crippen LogP) is 6.17. The maximum atomic E-state index is 13.5. The fourth-order valence-corrected chi connectivity index (χ4v) is 5.21. The van der Waals surface area contributed by atoms with E-state index in [1.54, 1.807) is 19.2 Å². The number of carbonyl (C=O) groups is 2. The standard InChI is InChI=1S/C31H44N2O5/c1-5-23-20-25(14-16-27(23)30(32)34)37-18-10-7-11-19-38-26-15-17-28(29(21-26)36-4)31(35)33(22(2)3)24-12-8-6-9-13-24/h14-17,20-22,24H,5-13,18-19H2,1-4H3,(H2,32,34). The molecule has 208 valence electrons. The van der Waals surface area contributed by atoms with Crippen LogP contribution in [0.4, 0.5) is 0 Å². The van der Waals surface area contributed by atoms with Crippen molar-refractivity contribution in [2.24, 2.45) is 5.73 Å². The summed E-state index contributed by atoms with van der Waals surface area (Å²) < 4.78 is 17.4. The SMILES string of the molecule is CCc1cc(OCCCCCOc2ccc(C(=O)N(C(C)C)C3CCCCC3)c(OC)c2)ccc1C(N)=O. The molecule has 2 aromatic rings. The van der Waals surface area contributed by atoms with E-state index in [0.29, 0.717) is 41.9 Å². The van der Waals surface area contributed by atoms with Gasteiger partial charge in [-0.3, -0.25) is 9.59 Å². The second-order valence-corrected chi connectivity index (χ2v) is 10.3. The Kier molecular flexibility index (Phi) is 11.3. The van der Waals surface area contributed by atoms with E-state index in [-0.39, 0.29) is 11.9 Å². The molecular weight excluding hydrogens is 480 g/mol. The monoisotopic (exact) mass is 524 g/mol. The summed E-state index contributed by atoms with van der Waals surface area (Å²) in [6.45, 7) is 7.33. The lowest BCUT2D eigenvalue weighted by Crippen LogP contribution is -2.45. The minimum Gasteiger partial charge on any atom is -0.496 e. The number of primary amides is 1.